The molecule has 16 heavy (non-hydrogen) atoms. The molecule has 89 valence electrons. The topological polar surface area (TPSA) is 51.4 Å². The van der Waals surface area contributed by atoms with Gasteiger partial charge in [-0.15, -0.1) is 0 Å². The Morgan fingerprint density at radius 2 is 2.44 bits per heavy atom. The van der Waals surface area contributed by atoms with Crippen LogP contribution in [-0.4, -0.2) is 22.9 Å². The van der Waals surface area contributed by atoms with Crippen LogP contribution in [0.15, 0.2) is 29.5 Å². The third-order valence-corrected chi connectivity index (χ3v) is 1.81. The molecule has 0 spiro atoms. The fourth-order valence-electron chi connectivity index (χ4n) is 0.867. The van der Waals surface area contributed by atoms with Crippen LogP contribution in [0, 0.1) is 0 Å². The first-order valence-electron chi connectivity index (χ1n) is 4.78. The van der Waals surface area contributed by atoms with Gasteiger partial charge in [0, 0.05) is 19.0 Å². The second kappa shape index (κ2) is 9.42. The summed E-state index contributed by atoms with van der Waals surface area (Å²) in [4.78, 5) is 4.07. The molecule has 0 bridgehead atoms. The third-order valence-electron chi connectivity index (χ3n) is 1.56. The van der Waals surface area contributed by atoms with E-state index in [9.17, 15) is 0 Å². The van der Waals surface area contributed by atoms with Crippen molar-refractivity contribution in [1.82, 2.24) is 10.3 Å². The summed E-state index contributed by atoms with van der Waals surface area (Å²) >= 11 is 4.12. The number of aromatic nitrogens is 1. The summed E-state index contributed by atoms with van der Waals surface area (Å²) in [7, 11) is 0. The molecule has 0 unspecified atom stereocenters. The predicted molar refractivity (Wildman–Crippen MR) is 67.3 cm³/mol. The van der Waals surface area contributed by atoms with Crippen molar-refractivity contribution in [2.75, 3.05) is 6.54 Å². The molecule has 0 fully saturated rings. The van der Waals surface area contributed by atoms with Gasteiger partial charge in [-0.2, -0.15) is 0 Å². The predicted octanol–water partition coefficient (Wildman–Crippen LogP) is 1.15. The summed E-state index contributed by atoms with van der Waals surface area (Å²) in [6.07, 6.45) is 4.33. The van der Waals surface area contributed by atoms with E-state index >= 15 is 0 Å². The van der Waals surface area contributed by atoms with Crippen LogP contribution in [0.1, 0.15) is 19.0 Å². The third kappa shape index (κ3) is 6.63. The van der Waals surface area contributed by atoms with Crippen molar-refractivity contribution in [2.45, 2.75) is 13.3 Å². The Hall–Kier alpha value is -0.811. The molecule has 1 aromatic heterocycles. The standard InChI is InChI=1S/C10H14N4S.Cu/c1-2-6-12-10(15)14-13-8-9-5-3-4-7-11-9;/h3-5,7-8H,2,6H2,1H3,(H2,11,12,14,15);/q;+2. The van der Waals surface area contributed by atoms with E-state index in [0.717, 1.165) is 18.7 Å². The summed E-state index contributed by atoms with van der Waals surface area (Å²) < 4.78 is 0. The molecule has 4 nitrogen and oxygen atoms in total. The molecule has 0 aromatic carbocycles. The molecule has 0 aliphatic carbocycles. The van der Waals surface area contributed by atoms with E-state index < -0.39 is 0 Å². The quantitative estimate of drug-likeness (QED) is 0.225. The minimum atomic E-state index is 0. The fourth-order valence-corrected chi connectivity index (χ4v) is 1.03. The Balaban J connectivity index is 0.00000225. The van der Waals surface area contributed by atoms with E-state index in [2.05, 4.69) is 40.0 Å². The maximum Gasteiger partial charge on any atom is 2.00 e. The number of rotatable bonds is 4. The number of thiol groups is 1. The van der Waals surface area contributed by atoms with Crippen molar-refractivity contribution >= 4 is 23.5 Å². The van der Waals surface area contributed by atoms with Gasteiger partial charge >= 0.3 is 17.1 Å². The minimum absolute atomic E-state index is 0. The molecular weight excluding hydrogens is 272 g/mol. The van der Waals surface area contributed by atoms with E-state index in [0.29, 0.717) is 5.11 Å². The molecule has 1 N–H and O–H groups in total. The van der Waals surface area contributed by atoms with Gasteiger partial charge < -0.3 is 10.5 Å². The molecule has 0 aliphatic heterocycles. The molecule has 1 aromatic rings. The summed E-state index contributed by atoms with van der Waals surface area (Å²) in [5.74, 6) is 0. The molecular formula is C10H14CuN4S+2. The van der Waals surface area contributed by atoms with Crippen LogP contribution in [0.3, 0.4) is 0 Å². The average Bonchev–Trinajstić information content (AvgIpc) is 2.28. The summed E-state index contributed by atoms with van der Waals surface area (Å²) in [6.45, 7) is 2.92. The molecule has 0 atom stereocenters. The molecule has 0 saturated heterocycles. The smallest absolute Gasteiger partial charge is 0.515 e. The van der Waals surface area contributed by atoms with Crippen LogP contribution in [-0.2, 0) is 29.3 Å². The van der Waals surface area contributed by atoms with Gasteiger partial charge in [-0.25, -0.2) is 0 Å². The zero-order valence-corrected chi connectivity index (χ0v) is 10.7. The van der Waals surface area contributed by atoms with Crippen LogP contribution in [0.5, 0.6) is 0 Å². The molecule has 6 heteroatoms. The van der Waals surface area contributed by atoms with Gasteiger partial charge in [-0.1, -0.05) is 13.0 Å². The second-order valence-corrected chi connectivity index (χ2v) is 3.27. The minimum Gasteiger partial charge on any atom is -0.515 e. The number of hydrogen-bond donors (Lipinski definition) is 1. The van der Waals surface area contributed by atoms with E-state index in [1.54, 1.807) is 12.4 Å². The Labute approximate surface area is 111 Å². The molecule has 1 heterocycles. The maximum atomic E-state index is 4.12. The first kappa shape index (κ1) is 15.2. The van der Waals surface area contributed by atoms with Crippen LogP contribution >= 0.6 is 0 Å². The Kier molecular flexibility index (Phi) is 8.94. The zero-order valence-electron chi connectivity index (χ0n) is 8.89. The van der Waals surface area contributed by atoms with Crippen LogP contribution in [0.25, 0.3) is 5.43 Å². The first-order chi connectivity index (χ1) is 7.33. The first-order valence-corrected chi connectivity index (χ1v) is 5.22. The normalized spacial score (nSPS) is 9.81. The van der Waals surface area contributed by atoms with Crippen molar-refractivity contribution in [3.63, 3.8) is 0 Å². The molecule has 0 aliphatic rings. The number of nitrogens with one attached hydrogen (secondary N) is 1. The summed E-state index contributed by atoms with van der Waals surface area (Å²) in [6, 6.07) is 5.61. The van der Waals surface area contributed by atoms with E-state index in [4.69, 9.17) is 0 Å². The fraction of sp³-hybridized carbons (Fsp3) is 0.300. The Morgan fingerprint density at radius 1 is 1.62 bits per heavy atom. The van der Waals surface area contributed by atoms with Gasteiger partial charge in [0.05, 0.1) is 5.69 Å². The molecule has 1 radical (unpaired) electrons. The summed E-state index contributed by atoms with van der Waals surface area (Å²) in [5, 5.41) is 7.37. The summed E-state index contributed by atoms with van der Waals surface area (Å²) in [5.41, 5.74) is 4.63. The number of pyridine rings is 1. The Morgan fingerprint density at radius 3 is 3.06 bits per heavy atom. The molecule has 0 amide bonds. The second-order valence-electron chi connectivity index (χ2n) is 2.85. The van der Waals surface area contributed by atoms with Gasteiger partial charge in [0.25, 0.3) is 0 Å². The molecule has 0 saturated carbocycles. The number of hydrogen-bond acceptors (Lipinski definition) is 2. The molecule has 1 rings (SSSR count). The van der Waals surface area contributed by atoms with E-state index in [1.807, 2.05) is 18.2 Å². The van der Waals surface area contributed by atoms with Gasteiger partial charge in [-0.3, -0.25) is 10.3 Å². The van der Waals surface area contributed by atoms with Gasteiger partial charge in [0.15, 0.2) is 17.3 Å². The monoisotopic (exact) mass is 285 g/mol. The average molecular weight is 286 g/mol. The van der Waals surface area contributed by atoms with Gasteiger partial charge in [0.1, 0.15) is 0 Å². The maximum absolute atomic E-state index is 4.12. The van der Waals surface area contributed by atoms with Gasteiger partial charge in [-0.05, 0) is 18.6 Å². The SMILES string of the molecule is CCCNC(=[SH+])[N-]N=Cc1ccccn1.[Cu+2]. The van der Waals surface area contributed by atoms with Crippen molar-refractivity contribution in [3.05, 3.63) is 35.5 Å². The van der Waals surface area contributed by atoms with Crippen molar-refractivity contribution in [3.8, 4) is 0 Å². The van der Waals surface area contributed by atoms with Crippen molar-refractivity contribution in [1.29, 1.82) is 0 Å². The largest absolute Gasteiger partial charge is 2.00 e. The van der Waals surface area contributed by atoms with Gasteiger partial charge in [0.2, 0.25) is 0 Å². The van der Waals surface area contributed by atoms with E-state index in [1.165, 1.54) is 0 Å². The van der Waals surface area contributed by atoms with Crippen molar-refractivity contribution < 1.29 is 17.1 Å². The Bertz CT molecular complexity index is 329. The van der Waals surface area contributed by atoms with Crippen LogP contribution in [0.4, 0.5) is 0 Å². The van der Waals surface area contributed by atoms with E-state index in [-0.39, 0.29) is 17.1 Å². The van der Waals surface area contributed by atoms with Crippen LogP contribution in [0.2, 0.25) is 0 Å². The van der Waals surface area contributed by atoms with Crippen LogP contribution < -0.4 is 5.32 Å². The van der Waals surface area contributed by atoms with Crippen molar-refractivity contribution in [2.24, 2.45) is 5.10 Å². The number of nitrogens with zero attached hydrogens (tertiary/aromatic N) is 3. The zero-order chi connectivity index (χ0) is 10.9.